The highest BCUT2D eigenvalue weighted by molar-refractivity contribution is 5.86. The smallest absolute Gasteiger partial charge is 0.415 e. The molecule has 11 nitrogen and oxygen atoms in total. The number of amides is 2. The number of likely N-dealkylation sites (tertiary alicyclic amines) is 2. The van der Waals surface area contributed by atoms with Gasteiger partial charge in [0.2, 0.25) is 0 Å². The number of benzene rings is 2. The topological polar surface area (TPSA) is 138 Å². The van der Waals surface area contributed by atoms with E-state index in [2.05, 4.69) is 65.2 Å². The molecule has 0 bridgehead atoms. The van der Waals surface area contributed by atoms with Crippen LogP contribution in [0.1, 0.15) is 88.5 Å². The van der Waals surface area contributed by atoms with E-state index in [1.54, 1.807) is 52.7 Å². The first-order chi connectivity index (χ1) is 29.2. The molecule has 2 fully saturated rings. The summed E-state index contributed by atoms with van der Waals surface area (Å²) in [6.07, 6.45) is 12.3. The Hall–Kier alpha value is -6.49. The summed E-state index contributed by atoms with van der Waals surface area (Å²) in [6.45, 7) is 8.86. The number of ether oxygens (including phenoxy) is 2. The van der Waals surface area contributed by atoms with Crippen molar-refractivity contribution in [3.63, 3.8) is 0 Å². The number of hydrogen-bond donors (Lipinski definition) is 2. The van der Waals surface area contributed by atoms with E-state index in [1.807, 2.05) is 6.92 Å². The summed E-state index contributed by atoms with van der Waals surface area (Å²) in [5, 5.41) is 0. The standard InChI is InChI=1S/C26H25N3O3.C23H26N2O3/c1-17-4-6-21-19(15-17)5-7-22-23(30)8-12-28-25(22)24(21)18-9-13-29(14-10-18)26(31)32-20-3-2-11-27-16-20;1-3-28-23(27)25-12-9-16(10-13-25)21-18-6-4-15(2)14-17(18)5-7-19-20(26)8-11-24-22(19)21/h2-4,6,8,11-12,15-16H,5,7,9-10,13-14H2,1H3,(H,28,30);4,6,8,11,14H,3,5,7,9-10,12-13H2,1-2H3,(H,24,26). The third-order valence-electron chi connectivity index (χ3n) is 12.0. The maximum absolute atomic E-state index is 12.7. The fraction of sp³-hybridized carbons (Fsp3) is 0.327. The molecule has 3 aromatic heterocycles. The summed E-state index contributed by atoms with van der Waals surface area (Å²) >= 11 is 0. The highest BCUT2D eigenvalue weighted by Gasteiger charge is 2.29. The lowest BCUT2D eigenvalue weighted by Gasteiger charge is -2.29. The number of carbonyl (C=O) groups is 2. The first-order valence-corrected chi connectivity index (χ1v) is 21.0. The van der Waals surface area contributed by atoms with Gasteiger partial charge >= 0.3 is 12.2 Å². The fourth-order valence-electron chi connectivity index (χ4n) is 9.04. The number of nitrogens with one attached hydrogen (secondary N) is 2. The maximum Gasteiger partial charge on any atom is 0.415 e. The van der Waals surface area contributed by atoms with Gasteiger partial charge < -0.3 is 29.2 Å². The minimum atomic E-state index is -0.354. The quantitative estimate of drug-likeness (QED) is 0.184. The Morgan fingerprint density at radius 2 is 1.15 bits per heavy atom. The molecular formula is C49H51N5O6. The maximum atomic E-state index is 12.7. The van der Waals surface area contributed by atoms with E-state index >= 15 is 0 Å². The number of rotatable bonds is 2. The lowest BCUT2D eigenvalue weighted by molar-refractivity contribution is 0.104. The van der Waals surface area contributed by atoms with Crippen LogP contribution >= 0.6 is 0 Å². The van der Waals surface area contributed by atoms with Crippen LogP contribution in [0, 0.1) is 13.8 Å². The number of carbonyl (C=O) groups excluding carboxylic acids is 2. The summed E-state index contributed by atoms with van der Waals surface area (Å²) in [5.74, 6) is 0.446. The van der Waals surface area contributed by atoms with Crippen molar-refractivity contribution in [3.8, 4) is 5.75 Å². The molecule has 0 radical (unpaired) electrons. The van der Waals surface area contributed by atoms with E-state index in [9.17, 15) is 19.2 Å². The zero-order valence-corrected chi connectivity index (χ0v) is 34.6. The molecule has 4 aliphatic rings. The molecule has 0 unspecified atom stereocenters. The third-order valence-corrected chi connectivity index (χ3v) is 12.0. The number of aryl methyl sites for hydroxylation is 4. The molecule has 2 N–H and O–H groups in total. The van der Waals surface area contributed by atoms with E-state index in [4.69, 9.17) is 9.47 Å². The van der Waals surface area contributed by atoms with Crippen molar-refractivity contribution >= 4 is 23.3 Å². The Morgan fingerprint density at radius 1 is 0.650 bits per heavy atom. The highest BCUT2D eigenvalue weighted by Crippen LogP contribution is 2.39. The number of fused-ring (bicyclic) bond motifs is 4. The van der Waals surface area contributed by atoms with Crippen LogP contribution in [0.4, 0.5) is 9.59 Å². The van der Waals surface area contributed by atoms with E-state index in [1.165, 1.54) is 50.7 Å². The number of piperidine rings is 2. The molecule has 9 rings (SSSR count). The Bertz CT molecular complexity index is 2600. The average Bonchev–Trinajstić information content (AvgIpc) is 3.53. The summed E-state index contributed by atoms with van der Waals surface area (Å²) in [5.41, 5.74) is 16.1. The van der Waals surface area contributed by atoms with Crippen LogP contribution in [0.25, 0.3) is 11.1 Å². The van der Waals surface area contributed by atoms with Gasteiger partial charge in [0.1, 0.15) is 0 Å². The Kier molecular flexibility index (Phi) is 11.9. The number of H-pyrrole nitrogens is 2. The molecule has 5 aromatic rings. The number of hydrogen-bond acceptors (Lipinski definition) is 7. The normalized spacial score (nSPS) is 15.9. The van der Waals surface area contributed by atoms with E-state index in [-0.39, 0.29) is 23.0 Å². The van der Waals surface area contributed by atoms with Crippen molar-refractivity contribution in [2.45, 2.75) is 72.1 Å². The third kappa shape index (κ3) is 8.48. The van der Waals surface area contributed by atoms with Gasteiger partial charge in [-0.2, -0.15) is 0 Å². The van der Waals surface area contributed by atoms with Gasteiger partial charge in [0.05, 0.1) is 24.2 Å². The number of aromatic amines is 2. The lowest BCUT2D eigenvalue weighted by Crippen LogP contribution is -2.38. The Morgan fingerprint density at radius 3 is 1.62 bits per heavy atom. The van der Waals surface area contributed by atoms with Crippen LogP contribution in [-0.2, 0) is 30.4 Å². The van der Waals surface area contributed by atoms with Crippen molar-refractivity contribution < 1.29 is 19.1 Å². The summed E-state index contributed by atoms with van der Waals surface area (Å²) < 4.78 is 10.6. The van der Waals surface area contributed by atoms with Crippen LogP contribution in [0.5, 0.6) is 5.75 Å². The van der Waals surface area contributed by atoms with Crippen molar-refractivity contribution in [1.82, 2.24) is 24.8 Å². The second-order valence-electron chi connectivity index (χ2n) is 15.9. The molecular weight excluding hydrogens is 755 g/mol. The molecule has 60 heavy (non-hydrogen) atoms. The molecule has 0 saturated carbocycles. The zero-order chi connectivity index (χ0) is 41.8. The first-order valence-electron chi connectivity index (χ1n) is 21.0. The molecule has 11 heteroatoms. The van der Waals surface area contributed by atoms with E-state index in [0.29, 0.717) is 38.5 Å². The summed E-state index contributed by atoms with van der Waals surface area (Å²) in [7, 11) is 0. The van der Waals surface area contributed by atoms with Gasteiger partial charge in [0, 0.05) is 79.2 Å². The van der Waals surface area contributed by atoms with Crippen molar-refractivity contribution in [2.75, 3.05) is 32.8 Å². The number of pyridine rings is 3. The fourth-order valence-corrected chi connectivity index (χ4v) is 9.04. The van der Waals surface area contributed by atoms with Gasteiger partial charge in [-0.05, 0) is 107 Å². The first kappa shape index (κ1) is 40.3. The van der Waals surface area contributed by atoms with Gasteiger partial charge in [-0.15, -0.1) is 0 Å². The molecule has 0 spiro atoms. The Labute approximate surface area is 349 Å². The van der Waals surface area contributed by atoms with Crippen LogP contribution in [0.15, 0.2) is 106 Å². The molecule has 2 aliphatic heterocycles. The van der Waals surface area contributed by atoms with Gasteiger partial charge in [-0.25, -0.2) is 9.59 Å². The minimum Gasteiger partial charge on any atom is -0.450 e. The molecule has 2 amide bonds. The lowest BCUT2D eigenvalue weighted by atomic mass is 9.88. The SMILES string of the molecule is CCOC(=O)N1CCC(=C2c3ccc(C)cc3CCc3c2[nH]ccc3=O)CC1.Cc1ccc2c(c1)CCc1c([nH]ccc1=O)C2=C1CCN(C(=O)Oc2cccnc2)CC1. The molecule has 5 heterocycles. The van der Waals surface area contributed by atoms with Gasteiger partial charge in [-0.3, -0.25) is 14.6 Å². The van der Waals surface area contributed by atoms with E-state index in [0.717, 1.165) is 85.0 Å². The van der Waals surface area contributed by atoms with Crippen molar-refractivity contribution in [3.05, 3.63) is 173 Å². The van der Waals surface area contributed by atoms with E-state index < -0.39 is 0 Å². The summed E-state index contributed by atoms with van der Waals surface area (Å²) in [6, 6.07) is 19.8. The molecule has 2 aliphatic carbocycles. The van der Waals surface area contributed by atoms with Crippen LogP contribution in [-0.4, -0.2) is 69.7 Å². The van der Waals surface area contributed by atoms with Crippen LogP contribution in [0.2, 0.25) is 0 Å². The average molecular weight is 806 g/mol. The van der Waals surface area contributed by atoms with Gasteiger partial charge in [0.25, 0.3) is 0 Å². The van der Waals surface area contributed by atoms with Crippen LogP contribution in [0.3, 0.4) is 0 Å². The molecule has 2 aromatic carbocycles. The highest BCUT2D eigenvalue weighted by atomic mass is 16.6. The molecule has 308 valence electrons. The van der Waals surface area contributed by atoms with Gasteiger partial charge in [0.15, 0.2) is 16.6 Å². The van der Waals surface area contributed by atoms with Crippen molar-refractivity contribution in [1.29, 1.82) is 0 Å². The number of aromatic nitrogens is 3. The largest absolute Gasteiger partial charge is 0.450 e. The van der Waals surface area contributed by atoms with Crippen molar-refractivity contribution in [2.24, 2.45) is 0 Å². The van der Waals surface area contributed by atoms with Crippen LogP contribution < -0.4 is 15.6 Å². The predicted octanol–water partition coefficient (Wildman–Crippen LogP) is 8.11. The predicted molar refractivity (Wildman–Crippen MR) is 232 cm³/mol. The van der Waals surface area contributed by atoms with Gasteiger partial charge in [-0.1, -0.05) is 58.7 Å². The second kappa shape index (κ2) is 17.8. The zero-order valence-electron chi connectivity index (χ0n) is 34.6. The number of nitrogens with zero attached hydrogens (tertiary/aromatic N) is 3. The Balaban J connectivity index is 0.000000168. The second-order valence-corrected chi connectivity index (χ2v) is 15.9. The molecule has 2 saturated heterocycles. The monoisotopic (exact) mass is 805 g/mol. The summed E-state index contributed by atoms with van der Waals surface area (Å²) in [4.78, 5) is 64.1. The minimum absolute atomic E-state index is 0.0823. The molecule has 0 atom stereocenters.